The summed E-state index contributed by atoms with van der Waals surface area (Å²) in [7, 11) is 1.87. The lowest BCUT2D eigenvalue weighted by molar-refractivity contribution is -0.120. The van der Waals surface area contributed by atoms with Crippen LogP contribution in [0.25, 0.3) is 0 Å². The van der Waals surface area contributed by atoms with Gasteiger partial charge in [0.1, 0.15) is 0 Å². The van der Waals surface area contributed by atoms with Crippen molar-refractivity contribution >= 4 is 11.6 Å². The molecule has 3 N–H and O–H groups in total. The van der Waals surface area contributed by atoms with Gasteiger partial charge < -0.3 is 11.1 Å². The van der Waals surface area contributed by atoms with Gasteiger partial charge in [-0.25, -0.2) is 0 Å². The molecular formula is C13H17N5O. The monoisotopic (exact) mass is 259 g/mol. The first-order valence-electron chi connectivity index (χ1n) is 6.01. The lowest BCUT2D eigenvalue weighted by Crippen LogP contribution is -2.25. The Morgan fingerprint density at radius 2 is 2.21 bits per heavy atom. The number of hydrogen-bond acceptors (Lipinski definition) is 4. The normalized spacial score (nSPS) is 10.4. The zero-order valence-corrected chi connectivity index (χ0v) is 11.1. The molecule has 0 aliphatic heterocycles. The van der Waals surface area contributed by atoms with Crippen LogP contribution in [0.15, 0.2) is 24.5 Å². The maximum absolute atomic E-state index is 11.8. The van der Waals surface area contributed by atoms with Crippen LogP contribution in [0.3, 0.4) is 0 Å². The summed E-state index contributed by atoms with van der Waals surface area (Å²) >= 11 is 0. The van der Waals surface area contributed by atoms with Crippen LogP contribution < -0.4 is 11.1 Å². The summed E-state index contributed by atoms with van der Waals surface area (Å²) in [5.74, 6) is -0.0690. The number of carbonyl (C=O) groups is 1. The molecule has 0 aliphatic rings. The molecule has 0 spiro atoms. The first kappa shape index (κ1) is 13.1. The minimum absolute atomic E-state index is 0.0690. The van der Waals surface area contributed by atoms with Gasteiger partial charge in [0.2, 0.25) is 5.91 Å². The van der Waals surface area contributed by atoms with E-state index in [1.807, 2.05) is 14.0 Å². The third-order valence-corrected chi connectivity index (χ3v) is 3.00. The Labute approximate surface area is 111 Å². The Morgan fingerprint density at radius 3 is 2.79 bits per heavy atom. The number of nitrogens with zero attached hydrogens (tertiary/aromatic N) is 3. The van der Waals surface area contributed by atoms with Crippen LogP contribution in [-0.2, 0) is 24.8 Å². The Kier molecular flexibility index (Phi) is 3.79. The van der Waals surface area contributed by atoms with Crippen LogP contribution >= 0.6 is 0 Å². The predicted molar refractivity (Wildman–Crippen MR) is 72.1 cm³/mol. The van der Waals surface area contributed by atoms with E-state index in [9.17, 15) is 4.79 Å². The van der Waals surface area contributed by atoms with Crippen LogP contribution in [0.4, 0.5) is 5.69 Å². The number of anilines is 1. The highest BCUT2D eigenvalue weighted by Crippen LogP contribution is 2.05. The van der Waals surface area contributed by atoms with Crippen molar-refractivity contribution in [3.05, 3.63) is 41.5 Å². The number of pyridine rings is 1. The molecule has 2 rings (SSSR count). The number of amides is 1. The van der Waals surface area contributed by atoms with Crippen LogP contribution in [0.1, 0.15) is 17.0 Å². The molecule has 0 unspecified atom stereocenters. The second-order valence-electron chi connectivity index (χ2n) is 4.42. The number of aryl methyl sites for hydroxylation is 1. The zero-order chi connectivity index (χ0) is 13.8. The van der Waals surface area contributed by atoms with Crippen LogP contribution in [-0.4, -0.2) is 20.7 Å². The van der Waals surface area contributed by atoms with Crippen molar-refractivity contribution in [2.45, 2.75) is 19.9 Å². The first-order valence-corrected chi connectivity index (χ1v) is 6.01. The molecule has 0 atom stereocenters. The summed E-state index contributed by atoms with van der Waals surface area (Å²) in [6.07, 6.45) is 3.56. The lowest BCUT2D eigenvalue weighted by Gasteiger charge is -2.05. The van der Waals surface area contributed by atoms with E-state index < -0.39 is 0 Å². The topological polar surface area (TPSA) is 85.8 Å². The number of nitrogens with one attached hydrogen (secondary N) is 1. The number of aromatic nitrogens is 3. The molecular weight excluding hydrogens is 242 g/mol. The smallest absolute Gasteiger partial charge is 0.226 e. The molecule has 2 heterocycles. The van der Waals surface area contributed by atoms with Gasteiger partial charge in [-0.05, 0) is 19.1 Å². The van der Waals surface area contributed by atoms with Crippen LogP contribution in [0, 0.1) is 6.92 Å². The number of carbonyl (C=O) groups excluding carboxylic acids is 1. The van der Waals surface area contributed by atoms with Gasteiger partial charge in [0.25, 0.3) is 0 Å². The van der Waals surface area contributed by atoms with Crippen molar-refractivity contribution in [3.63, 3.8) is 0 Å². The van der Waals surface area contributed by atoms with Gasteiger partial charge >= 0.3 is 0 Å². The molecule has 6 heteroatoms. The SMILES string of the molecule is Cc1c(CNC(=O)Cc2ccc(N)cn2)cnn1C. The fourth-order valence-corrected chi connectivity index (χ4v) is 1.68. The maximum Gasteiger partial charge on any atom is 0.226 e. The third kappa shape index (κ3) is 3.31. The fourth-order valence-electron chi connectivity index (χ4n) is 1.68. The summed E-state index contributed by atoms with van der Waals surface area (Å²) in [5, 5.41) is 6.98. The van der Waals surface area contributed by atoms with Crippen molar-refractivity contribution < 1.29 is 4.79 Å². The summed E-state index contributed by atoms with van der Waals surface area (Å²) in [4.78, 5) is 15.9. The molecule has 2 aromatic heterocycles. The molecule has 6 nitrogen and oxygen atoms in total. The summed E-state index contributed by atoms with van der Waals surface area (Å²) < 4.78 is 1.78. The largest absolute Gasteiger partial charge is 0.397 e. The van der Waals surface area contributed by atoms with Crippen LogP contribution in [0.2, 0.25) is 0 Å². The molecule has 0 aliphatic carbocycles. The van der Waals surface area contributed by atoms with Gasteiger partial charge in [0.15, 0.2) is 0 Å². The predicted octanol–water partition coefficient (Wildman–Crippen LogP) is 0.565. The minimum atomic E-state index is -0.0690. The maximum atomic E-state index is 11.8. The highest BCUT2D eigenvalue weighted by Gasteiger charge is 2.07. The fraction of sp³-hybridized carbons (Fsp3) is 0.308. The molecule has 0 radical (unpaired) electrons. The van der Waals surface area contributed by atoms with E-state index in [0.29, 0.717) is 17.9 Å². The standard InChI is InChI=1S/C13H17N5O/c1-9-10(7-17-18(9)2)6-16-13(19)5-12-4-3-11(14)8-15-12/h3-4,7-8H,5-6,14H2,1-2H3,(H,16,19). The average molecular weight is 259 g/mol. The summed E-state index contributed by atoms with van der Waals surface area (Å²) in [6.45, 7) is 2.45. The Morgan fingerprint density at radius 1 is 1.42 bits per heavy atom. The number of rotatable bonds is 4. The van der Waals surface area contributed by atoms with Crippen molar-refractivity contribution in [2.75, 3.05) is 5.73 Å². The molecule has 0 bridgehead atoms. The van der Waals surface area contributed by atoms with E-state index in [1.165, 1.54) is 0 Å². The lowest BCUT2D eigenvalue weighted by atomic mass is 10.2. The van der Waals surface area contributed by atoms with Gasteiger partial charge in [0, 0.05) is 30.5 Å². The van der Waals surface area contributed by atoms with Crippen molar-refractivity contribution in [1.29, 1.82) is 0 Å². The quantitative estimate of drug-likeness (QED) is 0.840. The van der Waals surface area contributed by atoms with Gasteiger partial charge in [-0.1, -0.05) is 0 Å². The van der Waals surface area contributed by atoms with E-state index in [0.717, 1.165) is 11.3 Å². The van der Waals surface area contributed by atoms with E-state index in [2.05, 4.69) is 15.4 Å². The zero-order valence-electron chi connectivity index (χ0n) is 11.1. The second-order valence-corrected chi connectivity index (χ2v) is 4.42. The highest BCUT2D eigenvalue weighted by atomic mass is 16.1. The van der Waals surface area contributed by atoms with Gasteiger partial charge in [-0.15, -0.1) is 0 Å². The molecule has 100 valence electrons. The molecule has 0 saturated carbocycles. The molecule has 1 amide bonds. The summed E-state index contributed by atoms with van der Waals surface area (Å²) in [6, 6.07) is 3.49. The third-order valence-electron chi connectivity index (χ3n) is 3.00. The van der Waals surface area contributed by atoms with Crippen molar-refractivity contribution in [1.82, 2.24) is 20.1 Å². The van der Waals surface area contributed by atoms with Gasteiger partial charge in [0.05, 0.1) is 24.5 Å². The molecule has 2 aromatic rings. The highest BCUT2D eigenvalue weighted by molar-refractivity contribution is 5.78. The van der Waals surface area contributed by atoms with E-state index in [-0.39, 0.29) is 12.3 Å². The van der Waals surface area contributed by atoms with Crippen molar-refractivity contribution in [3.8, 4) is 0 Å². The number of hydrogen-bond donors (Lipinski definition) is 2. The van der Waals surface area contributed by atoms with Gasteiger partial charge in [-0.3, -0.25) is 14.5 Å². The minimum Gasteiger partial charge on any atom is -0.397 e. The number of nitrogen functional groups attached to an aromatic ring is 1. The van der Waals surface area contributed by atoms with E-state index in [4.69, 9.17) is 5.73 Å². The molecule has 0 fully saturated rings. The first-order chi connectivity index (χ1) is 9.06. The van der Waals surface area contributed by atoms with Crippen LogP contribution in [0.5, 0.6) is 0 Å². The number of nitrogens with two attached hydrogens (primary N) is 1. The Hall–Kier alpha value is -2.37. The molecule has 0 aromatic carbocycles. The molecule has 19 heavy (non-hydrogen) atoms. The summed E-state index contributed by atoms with van der Waals surface area (Å²) in [5.41, 5.74) is 8.90. The van der Waals surface area contributed by atoms with E-state index >= 15 is 0 Å². The van der Waals surface area contributed by atoms with Gasteiger partial charge in [-0.2, -0.15) is 5.10 Å². The Balaban J connectivity index is 1.88. The average Bonchev–Trinajstić information content (AvgIpc) is 2.70. The van der Waals surface area contributed by atoms with Crippen molar-refractivity contribution in [2.24, 2.45) is 7.05 Å². The van der Waals surface area contributed by atoms with E-state index in [1.54, 1.807) is 29.2 Å². The Bertz CT molecular complexity index is 573. The molecule has 0 saturated heterocycles. The second kappa shape index (κ2) is 5.51.